The number of aromatic nitrogens is 1. The molecule has 174 valence electrons. The van der Waals surface area contributed by atoms with Gasteiger partial charge in [-0.15, -0.1) is 11.3 Å². The third kappa shape index (κ3) is 5.97. The fraction of sp³-hybridized carbons (Fsp3) is 0.520. The van der Waals surface area contributed by atoms with Crippen molar-refractivity contribution in [3.63, 3.8) is 0 Å². The Morgan fingerprint density at radius 2 is 1.94 bits per heavy atom. The van der Waals surface area contributed by atoms with Crippen molar-refractivity contribution < 1.29 is 4.79 Å². The number of hydrogen-bond donors (Lipinski definition) is 2. The van der Waals surface area contributed by atoms with Gasteiger partial charge in [-0.1, -0.05) is 6.08 Å². The third-order valence-corrected chi connectivity index (χ3v) is 7.52. The Labute approximate surface area is 195 Å². The number of H-pyrrole nitrogens is 1. The van der Waals surface area contributed by atoms with Crippen LogP contribution in [0.2, 0.25) is 0 Å². The molecule has 0 atom stereocenters. The summed E-state index contributed by atoms with van der Waals surface area (Å²) >= 11 is 1.64. The molecule has 32 heavy (non-hydrogen) atoms. The molecule has 3 heterocycles. The molecular weight excluding hydrogens is 420 g/mol. The minimum Gasteiger partial charge on any atom is -0.348 e. The summed E-state index contributed by atoms with van der Waals surface area (Å²) < 4.78 is 0. The first kappa shape index (κ1) is 24.4. The number of aryl methyl sites for hydroxylation is 2. The van der Waals surface area contributed by atoms with Gasteiger partial charge < -0.3 is 20.1 Å². The lowest BCUT2D eigenvalue weighted by molar-refractivity contribution is 0.0950. The molecule has 2 aromatic rings. The highest BCUT2D eigenvalue weighted by atomic mass is 32.1. The fourth-order valence-corrected chi connectivity index (χ4v) is 5.45. The molecule has 0 aromatic carbocycles. The molecule has 0 spiro atoms. The lowest BCUT2D eigenvalue weighted by Crippen LogP contribution is -2.44. The number of piperazine rings is 1. The summed E-state index contributed by atoms with van der Waals surface area (Å²) in [6.45, 7) is 13.8. The zero-order valence-electron chi connectivity index (χ0n) is 20.0. The van der Waals surface area contributed by atoms with Crippen LogP contribution < -0.4 is 10.9 Å². The molecule has 7 heteroatoms. The molecule has 1 saturated heterocycles. The molecule has 0 unspecified atom stereocenters. The average molecular weight is 457 g/mol. The highest BCUT2D eigenvalue weighted by Crippen LogP contribution is 2.31. The molecule has 0 bridgehead atoms. The van der Waals surface area contributed by atoms with Gasteiger partial charge in [-0.05, 0) is 76.9 Å². The normalized spacial score (nSPS) is 15.8. The van der Waals surface area contributed by atoms with Crippen LogP contribution in [0.3, 0.4) is 0 Å². The maximum absolute atomic E-state index is 12.9. The smallest absolute Gasteiger partial charge is 0.253 e. The van der Waals surface area contributed by atoms with Crippen LogP contribution in [0.4, 0.5) is 0 Å². The highest BCUT2D eigenvalue weighted by molar-refractivity contribution is 7.11. The third-order valence-electron chi connectivity index (χ3n) is 6.36. The van der Waals surface area contributed by atoms with Gasteiger partial charge in [-0.3, -0.25) is 9.59 Å². The first-order valence-electron chi connectivity index (χ1n) is 11.4. The van der Waals surface area contributed by atoms with Crippen LogP contribution in [0, 0.1) is 20.8 Å². The van der Waals surface area contributed by atoms with E-state index in [4.69, 9.17) is 0 Å². The number of carbonyl (C=O) groups is 1. The first-order chi connectivity index (χ1) is 15.3. The number of amides is 1. The summed E-state index contributed by atoms with van der Waals surface area (Å²) in [5.41, 5.74) is 5.22. The van der Waals surface area contributed by atoms with Gasteiger partial charge in [0.2, 0.25) is 0 Å². The molecule has 2 aromatic heterocycles. The van der Waals surface area contributed by atoms with E-state index in [1.807, 2.05) is 32.2 Å². The minimum atomic E-state index is -0.137. The molecular formula is C25H36N4O2S. The molecule has 2 N–H and O–H groups in total. The van der Waals surface area contributed by atoms with Crippen molar-refractivity contribution in [2.45, 2.75) is 47.1 Å². The number of nitrogens with zero attached hydrogens (tertiary/aromatic N) is 2. The second-order valence-corrected chi connectivity index (χ2v) is 9.67. The van der Waals surface area contributed by atoms with Gasteiger partial charge in [0.15, 0.2) is 0 Å². The van der Waals surface area contributed by atoms with E-state index in [1.165, 1.54) is 10.5 Å². The van der Waals surface area contributed by atoms with Crippen LogP contribution in [-0.2, 0) is 6.54 Å². The summed E-state index contributed by atoms with van der Waals surface area (Å²) in [7, 11) is 2.18. The number of hydrogen-bond acceptors (Lipinski definition) is 5. The summed E-state index contributed by atoms with van der Waals surface area (Å²) in [6.07, 6.45) is 4.32. The van der Waals surface area contributed by atoms with Crippen LogP contribution in [0.1, 0.15) is 57.4 Å². The molecule has 1 aliphatic heterocycles. The van der Waals surface area contributed by atoms with Gasteiger partial charge in [0, 0.05) is 54.2 Å². The Kier molecular flexibility index (Phi) is 8.45. The largest absolute Gasteiger partial charge is 0.348 e. The molecule has 1 aliphatic rings. The zero-order chi connectivity index (χ0) is 23.3. The first-order valence-corrected chi connectivity index (χ1v) is 12.3. The fourth-order valence-electron chi connectivity index (χ4n) is 4.28. The standard InChI is InChI=1S/C25H36N4O2S/c1-6-20(8-7-9-29-12-10-28(5)11-13-29)23-19(4)22(16-32-23)24(30)26-15-21-17(2)14-18(3)27-25(21)31/h6,14,16H,7-13,15H2,1-5H3,(H,26,30)(H,27,31)/b20-6+. The van der Waals surface area contributed by atoms with Gasteiger partial charge in [-0.25, -0.2) is 0 Å². The Hall–Kier alpha value is -2.22. The maximum atomic E-state index is 12.9. The number of aromatic amines is 1. The Morgan fingerprint density at radius 1 is 1.22 bits per heavy atom. The molecule has 0 radical (unpaired) electrons. The quantitative estimate of drug-likeness (QED) is 0.635. The lowest BCUT2D eigenvalue weighted by Gasteiger charge is -2.32. The van der Waals surface area contributed by atoms with Crippen molar-refractivity contribution in [3.8, 4) is 0 Å². The molecule has 1 amide bonds. The summed E-state index contributed by atoms with van der Waals surface area (Å²) in [5.74, 6) is -0.128. The van der Waals surface area contributed by atoms with Gasteiger partial charge in [0.1, 0.15) is 0 Å². The maximum Gasteiger partial charge on any atom is 0.253 e. The van der Waals surface area contributed by atoms with Crippen molar-refractivity contribution >= 4 is 22.8 Å². The Bertz CT molecular complexity index is 1030. The van der Waals surface area contributed by atoms with E-state index in [9.17, 15) is 9.59 Å². The summed E-state index contributed by atoms with van der Waals surface area (Å²) in [6, 6.07) is 1.93. The SMILES string of the molecule is C/C=C(\CCCN1CCN(C)CC1)c1scc(C(=O)NCc2c(C)cc(C)[nH]c2=O)c1C. The van der Waals surface area contributed by atoms with E-state index in [1.54, 1.807) is 11.3 Å². The second kappa shape index (κ2) is 11.1. The predicted octanol–water partition coefficient (Wildman–Crippen LogP) is 3.72. The van der Waals surface area contributed by atoms with E-state index in [-0.39, 0.29) is 18.0 Å². The van der Waals surface area contributed by atoms with E-state index in [0.29, 0.717) is 11.1 Å². The number of rotatable bonds is 8. The van der Waals surface area contributed by atoms with Gasteiger partial charge in [0.25, 0.3) is 11.5 Å². The van der Waals surface area contributed by atoms with E-state index >= 15 is 0 Å². The van der Waals surface area contributed by atoms with Crippen LogP contribution in [-0.4, -0.2) is 60.5 Å². The van der Waals surface area contributed by atoms with E-state index in [0.717, 1.165) is 62.4 Å². The molecule has 3 rings (SSSR count). The molecule has 0 aliphatic carbocycles. The molecule has 0 saturated carbocycles. The topological polar surface area (TPSA) is 68.4 Å². The van der Waals surface area contributed by atoms with E-state index < -0.39 is 0 Å². The number of carbonyl (C=O) groups excluding carboxylic acids is 1. The van der Waals surface area contributed by atoms with Crippen molar-refractivity contribution in [2.75, 3.05) is 39.8 Å². The van der Waals surface area contributed by atoms with Crippen molar-refractivity contribution in [3.05, 3.63) is 60.7 Å². The van der Waals surface area contributed by atoms with Crippen LogP contribution in [0.5, 0.6) is 0 Å². The summed E-state index contributed by atoms with van der Waals surface area (Å²) in [4.78, 5) is 34.0. The van der Waals surface area contributed by atoms with Gasteiger partial charge in [0.05, 0.1) is 5.56 Å². The number of pyridine rings is 1. The lowest BCUT2D eigenvalue weighted by atomic mass is 10.0. The Morgan fingerprint density at radius 3 is 2.59 bits per heavy atom. The van der Waals surface area contributed by atoms with Crippen molar-refractivity contribution in [2.24, 2.45) is 0 Å². The van der Waals surface area contributed by atoms with Crippen LogP contribution in [0.25, 0.3) is 5.57 Å². The number of nitrogens with one attached hydrogen (secondary N) is 2. The summed E-state index contributed by atoms with van der Waals surface area (Å²) in [5, 5.41) is 4.88. The van der Waals surface area contributed by atoms with E-state index in [2.05, 4.69) is 40.1 Å². The number of allylic oxidation sites excluding steroid dienone is 2. The molecule has 6 nitrogen and oxygen atoms in total. The molecule has 1 fully saturated rings. The average Bonchev–Trinajstić information content (AvgIpc) is 3.13. The van der Waals surface area contributed by atoms with Crippen molar-refractivity contribution in [1.82, 2.24) is 20.1 Å². The highest BCUT2D eigenvalue weighted by Gasteiger charge is 2.18. The zero-order valence-corrected chi connectivity index (χ0v) is 20.8. The predicted molar refractivity (Wildman–Crippen MR) is 134 cm³/mol. The Balaban J connectivity index is 1.59. The van der Waals surface area contributed by atoms with Gasteiger partial charge in [-0.2, -0.15) is 0 Å². The van der Waals surface area contributed by atoms with Crippen LogP contribution >= 0.6 is 11.3 Å². The number of thiophene rings is 1. The van der Waals surface area contributed by atoms with Crippen LogP contribution in [0.15, 0.2) is 22.3 Å². The monoisotopic (exact) mass is 456 g/mol. The minimum absolute atomic E-state index is 0.128. The number of likely N-dealkylation sites (N-methyl/N-ethyl adjacent to an activating group) is 1. The second-order valence-electron chi connectivity index (χ2n) is 8.79. The van der Waals surface area contributed by atoms with Gasteiger partial charge >= 0.3 is 0 Å². The van der Waals surface area contributed by atoms with Crippen molar-refractivity contribution in [1.29, 1.82) is 0 Å².